The third kappa shape index (κ3) is 20.2. The summed E-state index contributed by atoms with van der Waals surface area (Å²) in [6.45, 7) is 18.5. The fourth-order valence-electron chi connectivity index (χ4n) is 2.74. The molecule has 124 valence electrons. The number of aliphatic hydroxyl groups excluding tert-OH is 2. The van der Waals surface area contributed by atoms with Gasteiger partial charge in [0.2, 0.25) is 0 Å². The van der Waals surface area contributed by atoms with Crippen LogP contribution in [0.3, 0.4) is 0 Å². The Kier molecular flexibility index (Phi) is 11.8. The van der Waals surface area contributed by atoms with E-state index in [2.05, 4.69) is 55.4 Å². The molecule has 0 radical (unpaired) electrons. The van der Waals surface area contributed by atoms with Crippen molar-refractivity contribution in [1.29, 1.82) is 0 Å². The van der Waals surface area contributed by atoms with E-state index in [1.54, 1.807) is 0 Å². The summed E-state index contributed by atoms with van der Waals surface area (Å²) in [7, 11) is 0. The molecule has 0 aliphatic heterocycles. The van der Waals surface area contributed by atoms with E-state index in [9.17, 15) is 0 Å². The minimum absolute atomic E-state index is 0.331. The summed E-state index contributed by atoms with van der Waals surface area (Å²) in [5.74, 6) is 1.31. The summed E-state index contributed by atoms with van der Waals surface area (Å²) < 4.78 is 0. The highest BCUT2D eigenvalue weighted by Gasteiger charge is 2.14. The van der Waals surface area contributed by atoms with Gasteiger partial charge in [-0.15, -0.1) is 0 Å². The molecule has 20 heavy (non-hydrogen) atoms. The van der Waals surface area contributed by atoms with E-state index in [-0.39, 0.29) is 0 Å². The highest BCUT2D eigenvalue weighted by Crippen LogP contribution is 2.26. The fourth-order valence-corrected chi connectivity index (χ4v) is 2.74. The normalized spacial score (nSPS) is 15.3. The standard InChI is InChI=1S/2C9H20O/c2*1-8(5-6-10)7-9(2,3)4/h2*8,10H,5-7H2,1-4H3. The lowest BCUT2D eigenvalue weighted by molar-refractivity contribution is 0.226. The largest absolute Gasteiger partial charge is 0.396 e. The first-order valence-corrected chi connectivity index (χ1v) is 8.13. The lowest BCUT2D eigenvalue weighted by atomic mass is 9.84. The maximum atomic E-state index is 8.63. The molecule has 2 N–H and O–H groups in total. The van der Waals surface area contributed by atoms with Gasteiger partial charge in [-0.25, -0.2) is 0 Å². The zero-order valence-corrected chi connectivity index (χ0v) is 15.3. The van der Waals surface area contributed by atoms with Crippen LogP contribution in [0.2, 0.25) is 0 Å². The Morgan fingerprint density at radius 3 is 1.05 bits per heavy atom. The van der Waals surface area contributed by atoms with E-state index in [4.69, 9.17) is 10.2 Å². The Labute approximate surface area is 128 Å². The van der Waals surface area contributed by atoms with Gasteiger partial charge in [-0.2, -0.15) is 0 Å². The molecule has 0 aromatic carbocycles. The molecule has 0 rings (SSSR count). The molecule has 0 aliphatic rings. The molecule has 0 bridgehead atoms. The van der Waals surface area contributed by atoms with Crippen LogP contribution in [-0.2, 0) is 0 Å². The molecule has 0 saturated carbocycles. The van der Waals surface area contributed by atoms with Crippen molar-refractivity contribution in [2.75, 3.05) is 13.2 Å². The Balaban J connectivity index is 0. The Morgan fingerprint density at radius 2 is 0.900 bits per heavy atom. The average molecular weight is 289 g/mol. The Bertz CT molecular complexity index is 186. The zero-order valence-electron chi connectivity index (χ0n) is 15.3. The number of hydrogen-bond donors (Lipinski definition) is 2. The molecule has 0 amide bonds. The van der Waals surface area contributed by atoms with Crippen LogP contribution >= 0.6 is 0 Å². The molecule has 0 fully saturated rings. The smallest absolute Gasteiger partial charge is 0.0433 e. The third-order valence-corrected chi connectivity index (χ3v) is 3.17. The van der Waals surface area contributed by atoms with Gasteiger partial charge in [0.05, 0.1) is 0 Å². The highest BCUT2D eigenvalue weighted by atomic mass is 16.3. The van der Waals surface area contributed by atoms with Gasteiger partial charge >= 0.3 is 0 Å². The monoisotopic (exact) mass is 288 g/mol. The van der Waals surface area contributed by atoms with E-state index in [1.807, 2.05) is 0 Å². The van der Waals surface area contributed by atoms with E-state index in [0.29, 0.717) is 35.9 Å². The van der Waals surface area contributed by atoms with Crippen molar-refractivity contribution >= 4 is 0 Å². The van der Waals surface area contributed by atoms with Gasteiger partial charge in [0.1, 0.15) is 0 Å². The SMILES string of the molecule is CC(CCO)CC(C)(C)C.CC(CCO)CC(C)(C)C. The molecular weight excluding hydrogens is 248 g/mol. The Morgan fingerprint density at radius 1 is 0.650 bits per heavy atom. The van der Waals surface area contributed by atoms with Gasteiger partial charge < -0.3 is 10.2 Å². The maximum absolute atomic E-state index is 8.63. The van der Waals surface area contributed by atoms with Gasteiger partial charge in [-0.1, -0.05) is 55.4 Å². The summed E-state index contributed by atoms with van der Waals surface area (Å²) in [5.41, 5.74) is 0.823. The number of rotatable bonds is 6. The molecular formula is C18H40O2. The molecule has 2 nitrogen and oxygen atoms in total. The van der Waals surface area contributed by atoms with Gasteiger partial charge in [-0.05, 0) is 48.3 Å². The molecule has 0 saturated heterocycles. The minimum atomic E-state index is 0.331. The molecule has 0 spiro atoms. The lowest BCUT2D eigenvalue weighted by Crippen LogP contribution is -2.11. The molecule has 0 aromatic heterocycles. The van der Waals surface area contributed by atoms with Crippen LogP contribution in [0.25, 0.3) is 0 Å². The average Bonchev–Trinajstić information content (AvgIpc) is 2.12. The van der Waals surface area contributed by atoms with Crippen LogP contribution in [0, 0.1) is 22.7 Å². The predicted octanol–water partition coefficient (Wildman–Crippen LogP) is 4.88. The van der Waals surface area contributed by atoms with Crippen molar-refractivity contribution in [3.63, 3.8) is 0 Å². The van der Waals surface area contributed by atoms with Crippen molar-refractivity contribution in [3.05, 3.63) is 0 Å². The van der Waals surface area contributed by atoms with Crippen LogP contribution in [-0.4, -0.2) is 23.4 Å². The van der Waals surface area contributed by atoms with Gasteiger partial charge in [0.15, 0.2) is 0 Å². The van der Waals surface area contributed by atoms with Crippen molar-refractivity contribution < 1.29 is 10.2 Å². The van der Waals surface area contributed by atoms with Crippen LogP contribution in [0.4, 0.5) is 0 Å². The van der Waals surface area contributed by atoms with E-state index < -0.39 is 0 Å². The third-order valence-electron chi connectivity index (χ3n) is 3.17. The second kappa shape index (κ2) is 10.6. The molecule has 2 unspecified atom stereocenters. The number of aliphatic hydroxyl groups is 2. The lowest BCUT2D eigenvalue weighted by Gasteiger charge is -2.22. The van der Waals surface area contributed by atoms with Crippen molar-refractivity contribution in [2.24, 2.45) is 22.7 Å². The first-order chi connectivity index (χ1) is 8.91. The van der Waals surface area contributed by atoms with Crippen LogP contribution in [0.15, 0.2) is 0 Å². The van der Waals surface area contributed by atoms with Crippen molar-refractivity contribution in [2.45, 2.75) is 81.1 Å². The summed E-state index contributed by atoms with van der Waals surface area (Å²) in [5, 5.41) is 17.3. The first-order valence-electron chi connectivity index (χ1n) is 8.13. The van der Waals surface area contributed by atoms with E-state index in [0.717, 1.165) is 12.8 Å². The highest BCUT2D eigenvalue weighted by molar-refractivity contribution is 4.66. The Hall–Kier alpha value is -0.0800. The van der Waals surface area contributed by atoms with E-state index >= 15 is 0 Å². The summed E-state index contributed by atoms with van der Waals surface area (Å²) in [4.78, 5) is 0. The molecule has 2 atom stereocenters. The van der Waals surface area contributed by atoms with Crippen molar-refractivity contribution in [1.82, 2.24) is 0 Å². The second-order valence-electron chi connectivity index (χ2n) is 8.76. The maximum Gasteiger partial charge on any atom is 0.0433 e. The van der Waals surface area contributed by atoms with Crippen LogP contribution < -0.4 is 0 Å². The summed E-state index contributed by atoms with van der Waals surface area (Å²) in [6.07, 6.45) is 4.29. The van der Waals surface area contributed by atoms with Crippen LogP contribution in [0.1, 0.15) is 81.1 Å². The minimum Gasteiger partial charge on any atom is -0.396 e. The number of hydrogen-bond acceptors (Lipinski definition) is 2. The fraction of sp³-hybridized carbons (Fsp3) is 1.00. The summed E-state index contributed by atoms with van der Waals surface area (Å²) in [6, 6.07) is 0. The molecule has 0 heterocycles. The molecule has 0 aromatic rings. The first kappa shape index (κ1) is 22.2. The van der Waals surface area contributed by atoms with Crippen molar-refractivity contribution in [3.8, 4) is 0 Å². The topological polar surface area (TPSA) is 40.5 Å². The second-order valence-corrected chi connectivity index (χ2v) is 8.76. The van der Waals surface area contributed by atoms with Gasteiger partial charge in [-0.3, -0.25) is 0 Å². The summed E-state index contributed by atoms with van der Waals surface area (Å²) >= 11 is 0. The molecule has 2 heteroatoms. The quantitative estimate of drug-likeness (QED) is 0.731. The zero-order chi connectivity index (χ0) is 16.4. The van der Waals surface area contributed by atoms with Crippen LogP contribution in [0.5, 0.6) is 0 Å². The predicted molar refractivity (Wildman–Crippen MR) is 89.9 cm³/mol. The van der Waals surface area contributed by atoms with Gasteiger partial charge in [0, 0.05) is 13.2 Å². The van der Waals surface area contributed by atoms with E-state index in [1.165, 1.54) is 12.8 Å². The van der Waals surface area contributed by atoms with Gasteiger partial charge in [0.25, 0.3) is 0 Å². The molecule has 0 aliphatic carbocycles.